The number of carbonyl (C=O) groups is 3. The molecule has 3 rings (SSSR count). The molecule has 11 heteroatoms. The van der Waals surface area contributed by atoms with Crippen LogP contribution in [0.1, 0.15) is 18.4 Å². The first-order chi connectivity index (χ1) is 15.9. The molecule has 0 unspecified atom stereocenters. The highest BCUT2D eigenvalue weighted by Crippen LogP contribution is 2.23. The summed E-state index contributed by atoms with van der Waals surface area (Å²) in [7, 11) is 0. The minimum atomic E-state index is -0.902. The average Bonchev–Trinajstić information content (AvgIpc) is 3.32. The number of nitrogens with one attached hydrogen (secondary N) is 3. The summed E-state index contributed by atoms with van der Waals surface area (Å²) in [5.41, 5.74) is 3.13. The SMILES string of the molecule is O=C(COc1ccc(Br)cc1/C=N\NC(=O)C(=O)NC[C@@H]1CCCO1)Nc1ccccc1Cl. The van der Waals surface area contributed by atoms with Crippen LogP contribution in [-0.4, -0.2) is 49.8 Å². The molecule has 0 radical (unpaired) electrons. The lowest BCUT2D eigenvalue weighted by atomic mass is 10.2. The summed E-state index contributed by atoms with van der Waals surface area (Å²) in [4.78, 5) is 36.0. The van der Waals surface area contributed by atoms with E-state index in [1.165, 1.54) is 6.21 Å². The van der Waals surface area contributed by atoms with E-state index in [4.69, 9.17) is 21.1 Å². The molecule has 0 bridgehead atoms. The minimum Gasteiger partial charge on any atom is -0.483 e. The summed E-state index contributed by atoms with van der Waals surface area (Å²) < 4.78 is 11.7. The first kappa shape index (κ1) is 24.7. The highest BCUT2D eigenvalue weighted by molar-refractivity contribution is 9.10. The Morgan fingerprint density at radius 1 is 1.21 bits per heavy atom. The van der Waals surface area contributed by atoms with Crippen LogP contribution in [0.4, 0.5) is 5.69 Å². The molecule has 2 aromatic carbocycles. The highest BCUT2D eigenvalue weighted by Gasteiger charge is 2.19. The van der Waals surface area contributed by atoms with Crippen molar-refractivity contribution in [2.24, 2.45) is 5.10 Å². The third-order valence-electron chi connectivity index (χ3n) is 4.57. The van der Waals surface area contributed by atoms with Crippen LogP contribution in [-0.2, 0) is 19.1 Å². The van der Waals surface area contributed by atoms with Crippen LogP contribution in [0.2, 0.25) is 5.02 Å². The number of hydrogen-bond acceptors (Lipinski definition) is 6. The van der Waals surface area contributed by atoms with Gasteiger partial charge in [-0.15, -0.1) is 0 Å². The van der Waals surface area contributed by atoms with Gasteiger partial charge in [0.05, 0.1) is 23.0 Å². The fourth-order valence-corrected chi connectivity index (χ4v) is 3.51. The summed E-state index contributed by atoms with van der Waals surface area (Å²) in [5.74, 6) is -1.75. The van der Waals surface area contributed by atoms with E-state index in [1.807, 2.05) is 0 Å². The van der Waals surface area contributed by atoms with Gasteiger partial charge in [-0.1, -0.05) is 39.7 Å². The minimum absolute atomic E-state index is 0.0678. The Kier molecular flexibility index (Phi) is 9.23. The average molecular weight is 538 g/mol. The lowest BCUT2D eigenvalue weighted by Crippen LogP contribution is -2.41. The molecule has 2 aromatic rings. The van der Waals surface area contributed by atoms with Crippen LogP contribution in [0, 0.1) is 0 Å². The zero-order valence-corrected chi connectivity index (χ0v) is 19.8. The van der Waals surface area contributed by atoms with Gasteiger partial charge in [0.25, 0.3) is 5.91 Å². The molecule has 1 aliphatic heterocycles. The van der Waals surface area contributed by atoms with Crippen molar-refractivity contribution in [2.45, 2.75) is 18.9 Å². The van der Waals surface area contributed by atoms with Gasteiger partial charge in [0, 0.05) is 23.2 Å². The zero-order valence-electron chi connectivity index (χ0n) is 17.5. The molecule has 1 saturated heterocycles. The third kappa shape index (κ3) is 7.85. The number of benzene rings is 2. The first-order valence-electron chi connectivity index (χ1n) is 10.1. The second kappa shape index (κ2) is 12.3. The van der Waals surface area contributed by atoms with Crippen molar-refractivity contribution in [2.75, 3.05) is 25.1 Å². The van der Waals surface area contributed by atoms with Crippen molar-refractivity contribution in [3.8, 4) is 5.75 Å². The molecule has 3 N–H and O–H groups in total. The molecule has 9 nitrogen and oxygen atoms in total. The van der Waals surface area contributed by atoms with Crippen LogP contribution in [0.25, 0.3) is 0 Å². The van der Waals surface area contributed by atoms with E-state index in [0.29, 0.717) is 28.6 Å². The Balaban J connectivity index is 1.52. The van der Waals surface area contributed by atoms with Crippen LogP contribution in [0.5, 0.6) is 5.75 Å². The van der Waals surface area contributed by atoms with Gasteiger partial charge < -0.3 is 20.1 Å². The number of ether oxygens (including phenoxy) is 2. The quantitative estimate of drug-likeness (QED) is 0.272. The van der Waals surface area contributed by atoms with Crippen molar-refractivity contribution < 1.29 is 23.9 Å². The van der Waals surface area contributed by atoms with Crippen molar-refractivity contribution in [1.82, 2.24) is 10.7 Å². The predicted octanol–water partition coefficient (Wildman–Crippen LogP) is 2.87. The van der Waals surface area contributed by atoms with Gasteiger partial charge in [-0.3, -0.25) is 14.4 Å². The fraction of sp³-hybridized carbons (Fsp3) is 0.273. The summed E-state index contributed by atoms with van der Waals surface area (Å²) in [6, 6.07) is 11.9. The molecule has 0 aliphatic carbocycles. The van der Waals surface area contributed by atoms with Gasteiger partial charge in [-0.25, -0.2) is 5.43 Å². The Hall–Kier alpha value is -2.95. The second-order valence-electron chi connectivity index (χ2n) is 7.04. The van der Waals surface area contributed by atoms with E-state index in [9.17, 15) is 14.4 Å². The second-order valence-corrected chi connectivity index (χ2v) is 8.37. The van der Waals surface area contributed by atoms with E-state index < -0.39 is 17.7 Å². The smallest absolute Gasteiger partial charge is 0.329 e. The van der Waals surface area contributed by atoms with Crippen LogP contribution in [0.15, 0.2) is 52.0 Å². The summed E-state index contributed by atoms with van der Waals surface area (Å²) in [6.45, 7) is 0.664. The maximum Gasteiger partial charge on any atom is 0.329 e. The van der Waals surface area contributed by atoms with E-state index in [-0.39, 0.29) is 19.3 Å². The molecule has 1 atom stereocenters. The number of nitrogens with zero attached hydrogens (tertiary/aromatic N) is 1. The number of halogens is 2. The fourth-order valence-electron chi connectivity index (χ4n) is 2.95. The summed E-state index contributed by atoms with van der Waals surface area (Å²) >= 11 is 9.39. The number of carbonyl (C=O) groups excluding carboxylic acids is 3. The molecule has 0 aromatic heterocycles. The van der Waals surface area contributed by atoms with Crippen LogP contribution in [0.3, 0.4) is 0 Å². The molecule has 3 amide bonds. The number of para-hydroxylation sites is 1. The molecular formula is C22H22BrClN4O5. The maximum atomic E-state index is 12.2. The van der Waals surface area contributed by atoms with Crippen molar-refractivity contribution in [3.05, 3.63) is 57.5 Å². The van der Waals surface area contributed by atoms with Gasteiger partial charge in [-0.2, -0.15) is 5.10 Å². The Morgan fingerprint density at radius 2 is 2.03 bits per heavy atom. The van der Waals surface area contributed by atoms with E-state index in [2.05, 4.69) is 37.1 Å². The number of hydrogen-bond donors (Lipinski definition) is 3. The lowest BCUT2D eigenvalue weighted by Gasteiger charge is -2.11. The number of rotatable bonds is 8. The Morgan fingerprint density at radius 3 is 2.79 bits per heavy atom. The van der Waals surface area contributed by atoms with Gasteiger partial charge >= 0.3 is 11.8 Å². The molecular weight excluding hydrogens is 516 g/mol. The van der Waals surface area contributed by atoms with E-state index in [0.717, 1.165) is 17.3 Å². The van der Waals surface area contributed by atoms with Crippen molar-refractivity contribution in [3.63, 3.8) is 0 Å². The number of hydrazone groups is 1. The molecule has 1 aliphatic rings. The molecule has 0 spiro atoms. The topological polar surface area (TPSA) is 118 Å². The zero-order chi connectivity index (χ0) is 23.6. The van der Waals surface area contributed by atoms with E-state index >= 15 is 0 Å². The molecule has 33 heavy (non-hydrogen) atoms. The Bertz CT molecular complexity index is 1040. The van der Waals surface area contributed by atoms with Gasteiger partial charge in [-0.05, 0) is 43.2 Å². The van der Waals surface area contributed by atoms with Crippen LogP contribution < -0.4 is 20.8 Å². The third-order valence-corrected chi connectivity index (χ3v) is 5.39. The van der Waals surface area contributed by atoms with Crippen molar-refractivity contribution in [1.29, 1.82) is 0 Å². The highest BCUT2D eigenvalue weighted by atomic mass is 79.9. The van der Waals surface area contributed by atoms with Crippen LogP contribution >= 0.6 is 27.5 Å². The largest absolute Gasteiger partial charge is 0.483 e. The monoisotopic (exact) mass is 536 g/mol. The van der Waals surface area contributed by atoms with Gasteiger partial charge in [0.15, 0.2) is 6.61 Å². The molecule has 1 heterocycles. The van der Waals surface area contributed by atoms with Gasteiger partial charge in [0.1, 0.15) is 5.75 Å². The lowest BCUT2D eigenvalue weighted by molar-refractivity contribution is -0.139. The number of anilines is 1. The molecule has 174 valence electrons. The van der Waals surface area contributed by atoms with Crippen molar-refractivity contribution >= 4 is 57.2 Å². The standard InChI is InChI=1S/C22H22BrClN4O5/c23-15-7-8-19(33-13-20(29)27-18-6-2-1-5-17(18)24)14(10-15)11-26-28-22(31)21(30)25-12-16-4-3-9-32-16/h1-2,5-8,10-11,16H,3-4,9,12-13H2,(H,25,30)(H,27,29)(H,28,31)/b26-11-/t16-/m0/s1. The first-order valence-corrected chi connectivity index (χ1v) is 11.3. The maximum absolute atomic E-state index is 12.2. The number of amides is 3. The predicted molar refractivity (Wildman–Crippen MR) is 127 cm³/mol. The summed E-state index contributed by atoms with van der Waals surface area (Å²) in [5, 5.41) is 9.41. The Labute approximate surface area is 204 Å². The van der Waals surface area contributed by atoms with Gasteiger partial charge in [0.2, 0.25) is 0 Å². The molecule has 0 saturated carbocycles. The summed E-state index contributed by atoms with van der Waals surface area (Å²) in [6.07, 6.45) is 3.04. The normalized spacial score (nSPS) is 15.3. The molecule has 1 fully saturated rings. The van der Waals surface area contributed by atoms with E-state index in [1.54, 1.807) is 42.5 Å².